The molecule has 0 aromatic heterocycles. The molecule has 0 atom stereocenters. The Labute approximate surface area is 133 Å². The summed E-state index contributed by atoms with van der Waals surface area (Å²) in [6.45, 7) is 2.32. The summed E-state index contributed by atoms with van der Waals surface area (Å²) in [4.78, 5) is 25.9. The second kappa shape index (κ2) is 5.96. The number of aliphatic hydroxyl groups is 1. The molecule has 0 spiro atoms. The largest absolute Gasteiger partial charge is 0.502 e. The molecule has 0 aliphatic carbocycles. The fraction of sp³-hybridized carbons (Fsp3) is 0.111. The summed E-state index contributed by atoms with van der Waals surface area (Å²) in [5, 5.41) is 10.1. The van der Waals surface area contributed by atoms with Crippen molar-refractivity contribution in [2.75, 3.05) is 11.5 Å². The van der Waals surface area contributed by atoms with Crippen LogP contribution in [0.15, 0.2) is 60.4 Å². The van der Waals surface area contributed by atoms with E-state index in [1.54, 1.807) is 54.6 Å². The number of ether oxygens (including phenoxy) is 1. The van der Waals surface area contributed by atoms with Crippen LogP contribution < -0.4 is 9.64 Å². The predicted octanol–water partition coefficient (Wildman–Crippen LogP) is 2.93. The Morgan fingerprint density at radius 3 is 2.43 bits per heavy atom. The van der Waals surface area contributed by atoms with Crippen LogP contribution in [0, 0.1) is 0 Å². The van der Waals surface area contributed by atoms with Crippen molar-refractivity contribution in [3.8, 4) is 5.75 Å². The highest BCUT2D eigenvalue weighted by molar-refractivity contribution is 6.44. The van der Waals surface area contributed by atoms with Gasteiger partial charge in [0.05, 0.1) is 17.9 Å². The van der Waals surface area contributed by atoms with Gasteiger partial charge in [-0.1, -0.05) is 36.4 Å². The van der Waals surface area contributed by atoms with Crippen LogP contribution in [0.4, 0.5) is 5.69 Å². The Hall–Kier alpha value is -3.08. The molecule has 1 N–H and O–H groups in total. The summed E-state index contributed by atoms with van der Waals surface area (Å²) in [6, 6.07) is 15.3. The van der Waals surface area contributed by atoms with Gasteiger partial charge in [0.2, 0.25) is 0 Å². The number of carbonyl (C=O) groups excluding carboxylic acids is 2. The summed E-state index contributed by atoms with van der Waals surface area (Å²) >= 11 is 0. The first-order chi connectivity index (χ1) is 11.1. The van der Waals surface area contributed by atoms with Gasteiger partial charge in [-0.15, -0.1) is 0 Å². The average molecular weight is 309 g/mol. The Bertz CT molecular complexity index is 796. The van der Waals surface area contributed by atoms with Crippen molar-refractivity contribution in [1.29, 1.82) is 0 Å². The number of carbonyl (C=O) groups is 2. The first kappa shape index (κ1) is 14.8. The average Bonchev–Trinajstić information content (AvgIpc) is 2.78. The standard InChI is InChI=1S/C18H15NO4/c1-2-23-14-10-6-9-13(11-14)19-17(21)15(16(20)18(19)22)12-7-4-3-5-8-12/h3-11,20H,2H2,1H3. The maximum absolute atomic E-state index is 12.6. The first-order valence-electron chi connectivity index (χ1n) is 7.23. The molecule has 5 heteroatoms. The maximum atomic E-state index is 12.6. The minimum atomic E-state index is -0.734. The molecule has 23 heavy (non-hydrogen) atoms. The van der Waals surface area contributed by atoms with E-state index in [0.717, 1.165) is 4.90 Å². The minimum Gasteiger partial charge on any atom is -0.502 e. The number of amides is 2. The molecule has 0 saturated carbocycles. The van der Waals surface area contributed by atoms with Gasteiger partial charge in [0.25, 0.3) is 5.91 Å². The zero-order chi connectivity index (χ0) is 16.4. The molecule has 1 aliphatic heterocycles. The van der Waals surface area contributed by atoms with Gasteiger partial charge >= 0.3 is 5.91 Å². The van der Waals surface area contributed by atoms with E-state index < -0.39 is 17.6 Å². The molecule has 0 bridgehead atoms. The van der Waals surface area contributed by atoms with Crippen LogP contribution in [-0.2, 0) is 9.59 Å². The van der Waals surface area contributed by atoms with Gasteiger partial charge in [-0.2, -0.15) is 0 Å². The summed E-state index contributed by atoms with van der Waals surface area (Å²) in [5.74, 6) is -1.27. The number of anilines is 1. The molecule has 1 aliphatic rings. The highest BCUT2D eigenvalue weighted by Crippen LogP contribution is 2.33. The fourth-order valence-corrected chi connectivity index (χ4v) is 2.50. The van der Waals surface area contributed by atoms with E-state index in [-0.39, 0.29) is 5.57 Å². The van der Waals surface area contributed by atoms with Crippen LogP contribution >= 0.6 is 0 Å². The van der Waals surface area contributed by atoms with Crippen LogP contribution in [0.5, 0.6) is 5.75 Å². The molecule has 1 heterocycles. The van der Waals surface area contributed by atoms with Gasteiger partial charge in [0, 0.05) is 6.07 Å². The number of aliphatic hydroxyl groups excluding tert-OH is 1. The lowest BCUT2D eigenvalue weighted by atomic mass is 10.1. The van der Waals surface area contributed by atoms with E-state index in [2.05, 4.69) is 0 Å². The van der Waals surface area contributed by atoms with Crippen molar-refractivity contribution < 1.29 is 19.4 Å². The van der Waals surface area contributed by atoms with E-state index in [1.165, 1.54) is 0 Å². The van der Waals surface area contributed by atoms with Gasteiger partial charge in [0.1, 0.15) is 5.75 Å². The Balaban J connectivity index is 2.00. The summed E-state index contributed by atoms with van der Waals surface area (Å²) in [5.41, 5.74) is 0.882. The molecule has 3 rings (SSSR count). The normalized spacial score (nSPS) is 14.6. The van der Waals surface area contributed by atoms with Crippen LogP contribution in [-0.4, -0.2) is 23.5 Å². The smallest absolute Gasteiger partial charge is 0.301 e. The molecule has 0 fully saturated rings. The molecule has 0 radical (unpaired) electrons. The molecule has 5 nitrogen and oxygen atoms in total. The van der Waals surface area contributed by atoms with E-state index in [0.29, 0.717) is 23.6 Å². The van der Waals surface area contributed by atoms with Crippen molar-refractivity contribution in [2.45, 2.75) is 6.92 Å². The summed E-state index contributed by atoms with van der Waals surface area (Å²) in [6.07, 6.45) is 0. The highest BCUT2D eigenvalue weighted by Gasteiger charge is 2.40. The van der Waals surface area contributed by atoms with Crippen LogP contribution in [0.1, 0.15) is 12.5 Å². The fourth-order valence-electron chi connectivity index (χ4n) is 2.50. The number of hydrogen-bond donors (Lipinski definition) is 1. The monoisotopic (exact) mass is 309 g/mol. The van der Waals surface area contributed by atoms with Gasteiger partial charge in [-0.3, -0.25) is 9.59 Å². The van der Waals surface area contributed by atoms with E-state index >= 15 is 0 Å². The second-order valence-electron chi connectivity index (χ2n) is 4.97. The molecule has 2 amide bonds. The Kier molecular flexibility index (Phi) is 3.85. The number of rotatable bonds is 4. The van der Waals surface area contributed by atoms with Crippen molar-refractivity contribution in [3.63, 3.8) is 0 Å². The predicted molar refractivity (Wildman–Crippen MR) is 86.1 cm³/mol. The summed E-state index contributed by atoms with van der Waals surface area (Å²) in [7, 11) is 0. The number of imide groups is 1. The van der Waals surface area contributed by atoms with Gasteiger partial charge in [-0.05, 0) is 24.6 Å². The quantitative estimate of drug-likeness (QED) is 0.882. The highest BCUT2D eigenvalue weighted by atomic mass is 16.5. The van der Waals surface area contributed by atoms with Crippen molar-refractivity contribution >= 4 is 23.1 Å². The van der Waals surface area contributed by atoms with Crippen molar-refractivity contribution in [2.24, 2.45) is 0 Å². The zero-order valence-corrected chi connectivity index (χ0v) is 12.5. The van der Waals surface area contributed by atoms with Crippen molar-refractivity contribution in [3.05, 3.63) is 65.9 Å². The van der Waals surface area contributed by atoms with Crippen LogP contribution in [0.3, 0.4) is 0 Å². The Morgan fingerprint density at radius 2 is 1.74 bits per heavy atom. The van der Waals surface area contributed by atoms with Gasteiger partial charge < -0.3 is 9.84 Å². The Morgan fingerprint density at radius 1 is 1.00 bits per heavy atom. The number of nitrogens with zero attached hydrogens (tertiary/aromatic N) is 1. The van der Waals surface area contributed by atoms with Gasteiger partial charge in [-0.25, -0.2) is 4.90 Å². The number of benzene rings is 2. The SMILES string of the molecule is CCOc1cccc(N2C(=O)C(O)=C(c3ccccc3)C2=O)c1. The summed E-state index contributed by atoms with van der Waals surface area (Å²) < 4.78 is 5.39. The lowest BCUT2D eigenvalue weighted by molar-refractivity contribution is -0.121. The van der Waals surface area contributed by atoms with Gasteiger partial charge in [0.15, 0.2) is 5.76 Å². The maximum Gasteiger partial charge on any atom is 0.301 e. The number of hydrogen-bond acceptors (Lipinski definition) is 4. The zero-order valence-electron chi connectivity index (χ0n) is 12.5. The topological polar surface area (TPSA) is 66.8 Å². The lowest BCUT2D eigenvalue weighted by Crippen LogP contribution is -2.31. The third-order valence-electron chi connectivity index (χ3n) is 3.51. The first-order valence-corrected chi connectivity index (χ1v) is 7.23. The van der Waals surface area contributed by atoms with Crippen molar-refractivity contribution in [1.82, 2.24) is 0 Å². The third-order valence-corrected chi connectivity index (χ3v) is 3.51. The molecule has 0 unspecified atom stereocenters. The minimum absolute atomic E-state index is 0.0115. The molecule has 116 valence electrons. The second-order valence-corrected chi connectivity index (χ2v) is 4.97. The molecular formula is C18H15NO4. The third kappa shape index (κ3) is 2.57. The van der Waals surface area contributed by atoms with Crippen LogP contribution in [0.25, 0.3) is 5.57 Å². The van der Waals surface area contributed by atoms with E-state index in [9.17, 15) is 14.7 Å². The van der Waals surface area contributed by atoms with E-state index in [4.69, 9.17) is 4.74 Å². The molecule has 0 saturated heterocycles. The van der Waals surface area contributed by atoms with Crippen LogP contribution in [0.2, 0.25) is 0 Å². The molecular weight excluding hydrogens is 294 g/mol. The van der Waals surface area contributed by atoms with E-state index in [1.807, 2.05) is 6.92 Å². The lowest BCUT2D eigenvalue weighted by Gasteiger charge is -2.15. The molecule has 2 aromatic carbocycles. The molecule has 2 aromatic rings.